The molecule has 19 heavy (non-hydrogen) atoms. The van der Waals surface area contributed by atoms with Crippen LogP contribution in [0, 0.1) is 5.82 Å². The van der Waals surface area contributed by atoms with Crippen LogP contribution < -0.4 is 4.74 Å². The van der Waals surface area contributed by atoms with Crippen molar-refractivity contribution in [3.05, 3.63) is 53.8 Å². The Kier molecular flexibility index (Phi) is 4.01. The molecule has 0 bridgehead atoms. The predicted octanol–water partition coefficient (Wildman–Crippen LogP) is 2.73. The molecule has 0 spiro atoms. The van der Waals surface area contributed by atoms with Crippen LogP contribution in [-0.2, 0) is 15.7 Å². The summed E-state index contributed by atoms with van der Waals surface area (Å²) in [5.41, 5.74) is 0.851. The second kappa shape index (κ2) is 5.54. The van der Waals surface area contributed by atoms with Crippen LogP contribution in [0.3, 0.4) is 0 Å². The summed E-state index contributed by atoms with van der Waals surface area (Å²) in [6.07, 6.45) is 0. The lowest BCUT2D eigenvalue weighted by molar-refractivity contribution is 0.289. The van der Waals surface area contributed by atoms with E-state index in [1.807, 2.05) is 30.3 Å². The first-order chi connectivity index (χ1) is 8.95. The van der Waals surface area contributed by atoms with Crippen LogP contribution >= 0.6 is 10.7 Å². The van der Waals surface area contributed by atoms with Gasteiger partial charge in [0.15, 0.2) is 5.03 Å². The van der Waals surface area contributed by atoms with Gasteiger partial charge in [0, 0.05) is 22.8 Å². The first-order valence-corrected chi connectivity index (χ1v) is 7.55. The molecule has 0 aliphatic heterocycles. The molecule has 0 N–H and O–H groups in total. The maximum Gasteiger partial charge on any atom is 0.278 e. The molecule has 0 saturated heterocycles. The van der Waals surface area contributed by atoms with E-state index < -0.39 is 19.9 Å². The molecular weight excluding hydrogens is 293 g/mol. The van der Waals surface area contributed by atoms with Gasteiger partial charge in [-0.25, -0.2) is 17.8 Å². The van der Waals surface area contributed by atoms with Crippen molar-refractivity contribution >= 4 is 19.7 Å². The highest BCUT2D eigenvalue weighted by Crippen LogP contribution is 2.19. The maximum absolute atomic E-state index is 13.2. The normalized spacial score (nSPS) is 11.3. The summed E-state index contributed by atoms with van der Waals surface area (Å²) in [6, 6.07) is 10.9. The van der Waals surface area contributed by atoms with E-state index >= 15 is 0 Å². The fourth-order valence-corrected chi connectivity index (χ4v) is 2.07. The molecule has 7 heteroatoms. The molecule has 0 aliphatic rings. The van der Waals surface area contributed by atoms with Gasteiger partial charge >= 0.3 is 0 Å². The predicted molar refractivity (Wildman–Crippen MR) is 68.0 cm³/mol. The molecule has 2 aromatic rings. The molecule has 0 radical (unpaired) electrons. The van der Waals surface area contributed by atoms with E-state index in [1.54, 1.807) is 0 Å². The minimum Gasteiger partial charge on any atom is -0.473 e. The Morgan fingerprint density at radius 2 is 1.89 bits per heavy atom. The van der Waals surface area contributed by atoms with Crippen LogP contribution in [0.1, 0.15) is 5.56 Å². The van der Waals surface area contributed by atoms with Gasteiger partial charge in [-0.3, -0.25) is 0 Å². The highest BCUT2D eigenvalue weighted by molar-refractivity contribution is 8.13. The Hall–Kier alpha value is -1.66. The quantitative estimate of drug-likeness (QED) is 0.815. The minimum absolute atomic E-state index is 0.136. The molecule has 0 aliphatic carbocycles. The lowest BCUT2D eigenvalue weighted by atomic mass is 10.2. The Labute approximate surface area is 114 Å². The molecule has 0 amide bonds. The average molecular weight is 302 g/mol. The molecule has 100 valence electrons. The second-order valence-electron chi connectivity index (χ2n) is 3.67. The van der Waals surface area contributed by atoms with Crippen LogP contribution in [-0.4, -0.2) is 13.4 Å². The molecule has 0 fully saturated rings. The van der Waals surface area contributed by atoms with Crippen molar-refractivity contribution in [3.8, 4) is 5.88 Å². The van der Waals surface area contributed by atoms with Gasteiger partial charge < -0.3 is 4.74 Å². The SMILES string of the molecule is O=S(=O)(Cl)c1cc(F)cc(OCc2ccccc2)n1. The Morgan fingerprint density at radius 1 is 1.21 bits per heavy atom. The summed E-state index contributed by atoms with van der Waals surface area (Å²) >= 11 is 0. The van der Waals surface area contributed by atoms with Gasteiger partial charge in [-0.15, -0.1) is 0 Å². The molecular formula is C12H9ClFNO3S. The Morgan fingerprint density at radius 3 is 2.53 bits per heavy atom. The van der Waals surface area contributed by atoms with Gasteiger partial charge in [0.05, 0.1) is 0 Å². The summed E-state index contributed by atoms with van der Waals surface area (Å²) in [5, 5.41) is -0.572. The zero-order valence-electron chi connectivity index (χ0n) is 9.58. The zero-order valence-corrected chi connectivity index (χ0v) is 11.2. The van der Waals surface area contributed by atoms with Gasteiger partial charge in [-0.05, 0) is 5.56 Å². The average Bonchev–Trinajstić information content (AvgIpc) is 2.36. The number of ether oxygens (including phenoxy) is 1. The number of rotatable bonds is 4. The van der Waals surface area contributed by atoms with Gasteiger partial charge in [-0.1, -0.05) is 30.3 Å². The fourth-order valence-electron chi connectivity index (χ4n) is 1.38. The van der Waals surface area contributed by atoms with Crippen LogP contribution in [0.5, 0.6) is 5.88 Å². The number of nitrogens with zero attached hydrogens (tertiary/aromatic N) is 1. The summed E-state index contributed by atoms with van der Waals surface area (Å²) in [5.74, 6) is -0.916. The second-order valence-corrected chi connectivity index (χ2v) is 6.19. The van der Waals surface area contributed by atoms with Crippen LogP contribution in [0.15, 0.2) is 47.5 Å². The van der Waals surface area contributed by atoms with Crippen LogP contribution in [0.25, 0.3) is 0 Å². The highest BCUT2D eigenvalue weighted by Gasteiger charge is 2.15. The Bertz CT molecular complexity index is 677. The molecule has 0 unspecified atom stereocenters. The number of aromatic nitrogens is 1. The molecule has 0 saturated carbocycles. The third kappa shape index (κ3) is 3.90. The smallest absolute Gasteiger partial charge is 0.278 e. The Balaban J connectivity index is 2.19. The molecule has 4 nitrogen and oxygen atoms in total. The summed E-state index contributed by atoms with van der Waals surface area (Å²) in [6.45, 7) is 0.152. The van der Waals surface area contributed by atoms with Gasteiger partial charge in [0.1, 0.15) is 12.4 Å². The zero-order chi connectivity index (χ0) is 13.9. The topological polar surface area (TPSA) is 56.3 Å². The number of hydrogen-bond acceptors (Lipinski definition) is 4. The van der Waals surface area contributed by atoms with Crippen molar-refractivity contribution in [3.63, 3.8) is 0 Å². The number of pyridine rings is 1. The van der Waals surface area contributed by atoms with E-state index in [-0.39, 0.29) is 12.5 Å². The van der Waals surface area contributed by atoms with Crippen molar-refractivity contribution in [2.45, 2.75) is 11.6 Å². The van der Waals surface area contributed by atoms with E-state index in [0.717, 1.165) is 17.7 Å². The summed E-state index contributed by atoms with van der Waals surface area (Å²) < 4.78 is 40.7. The molecule has 1 heterocycles. The van der Waals surface area contributed by atoms with E-state index in [2.05, 4.69) is 4.98 Å². The van der Waals surface area contributed by atoms with E-state index in [4.69, 9.17) is 15.4 Å². The van der Waals surface area contributed by atoms with Crippen LogP contribution in [0.4, 0.5) is 4.39 Å². The van der Waals surface area contributed by atoms with Crippen molar-refractivity contribution in [2.24, 2.45) is 0 Å². The maximum atomic E-state index is 13.2. The lowest BCUT2D eigenvalue weighted by Crippen LogP contribution is -2.02. The van der Waals surface area contributed by atoms with Gasteiger partial charge in [0.25, 0.3) is 9.05 Å². The van der Waals surface area contributed by atoms with Crippen molar-refractivity contribution in [1.29, 1.82) is 0 Å². The molecule has 0 atom stereocenters. The van der Waals surface area contributed by atoms with E-state index in [1.165, 1.54) is 0 Å². The summed E-state index contributed by atoms with van der Waals surface area (Å²) in [7, 11) is 1.02. The standard InChI is InChI=1S/C12H9ClFNO3S/c13-19(16,17)12-7-10(14)6-11(15-12)18-8-9-4-2-1-3-5-9/h1-7H,8H2. The number of halogens is 2. The van der Waals surface area contributed by atoms with Crippen molar-refractivity contribution in [1.82, 2.24) is 4.98 Å². The lowest BCUT2D eigenvalue weighted by Gasteiger charge is -2.06. The fraction of sp³-hybridized carbons (Fsp3) is 0.0833. The largest absolute Gasteiger partial charge is 0.473 e. The minimum atomic E-state index is -4.09. The molecule has 1 aromatic heterocycles. The summed E-state index contributed by atoms with van der Waals surface area (Å²) in [4.78, 5) is 3.64. The van der Waals surface area contributed by atoms with Gasteiger partial charge in [0.2, 0.25) is 5.88 Å². The molecule has 2 rings (SSSR count). The van der Waals surface area contributed by atoms with E-state index in [0.29, 0.717) is 0 Å². The highest BCUT2D eigenvalue weighted by atomic mass is 35.7. The van der Waals surface area contributed by atoms with E-state index in [9.17, 15) is 12.8 Å². The first-order valence-electron chi connectivity index (χ1n) is 5.24. The first kappa shape index (κ1) is 13.8. The molecule has 1 aromatic carbocycles. The third-order valence-electron chi connectivity index (χ3n) is 2.22. The monoisotopic (exact) mass is 301 g/mol. The number of hydrogen-bond donors (Lipinski definition) is 0. The van der Waals surface area contributed by atoms with Crippen molar-refractivity contribution in [2.75, 3.05) is 0 Å². The van der Waals surface area contributed by atoms with Crippen molar-refractivity contribution < 1.29 is 17.5 Å². The number of benzene rings is 1. The van der Waals surface area contributed by atoms with Crippen LogP contribution in [0.2, 0.25) is 0 Å². The third-order valence-corrected chi connectivity index (χ3v) is 3.41. The van der Waals surface area contributed by atoms with Gasteiger partial charge in [-0.2, -0.15) is 0 Å².